The summed E-state index contributed by atoms with van der Waals surface area (Å²) in [6.45, 7) is 3.04. The van der Waals surface area contributed by atoms with Crippen LogP contribution < -0.4 is 5.32 Å². The third-order valence-corrected chi connectivity index (χ3v) is 4.89. The van der Waals surface area contributed by atoms with Gasteiger partial charge in [-0.05, 0) is 35.6 Å². The number of benzene rings is 2. The fourth-order valence-electron chi connectivity index (χ4n) is 2.38. The second-order valence-corrected chi connectivity index (χ2v) is 7.93. The zero-order valence-electron chi connectivity index (χ0n) is 13.5. The quantitative estimate of drug-likeness (QED) is 0.436. The topological polar surface area (TPSA) is 38.3 Å². The summed E-state index contributed by atoms with van der Waals surface area (Å²) in [6.07, 6.45) is 0.579. The van der Waals surface area contributed by atoms with Crippen molar-refractivity contribution in [3.05, 3.63) is 70.7 Å². The first kappa shape index (κ1) is 19.1. The molecule has 3 nitrogen and oxygen atoms in total. The van der Waals surface area contributed by atoms with Gasteiger partial charge in [-0.2, -0.15) is 0 Å². The summed E-state index contributed by atoms with van der Waals surface area (Å²) in [6, 6.07) is 17.6. The lowest BCUT2D eigenvalue weighted by molar-refractivity contribution is 0.139. The van der Waals surface area contributed by atoms with Crippen molar-refractivity contribution >= 4 is 40.3 Å². The molecule has 1 N–H and O–H groups in total. The van der Waals surface area contributed by atoms with Crippen molar-refractivity contribution in [3.63, 3.8) is 0 Å². The standard InChI is InChI=1S/C19H21ClINO2/c1-14(16-8-5-9-17(20)11-16)10-18(21)12-22-19(23)24-13-15-6-3-2-4-7-15/h2-9,11,14,18H,10,12-13H2,1H3,(H,22,23). The first-order valence-electron chi connectivity index (χ1n) is 7.88. The van der Waals surface area contributed by atoms with Crippen LogP contribution in [-0.4, -0.2) is 16.6 Å². The minimum Gasteiger partial charge on any atom is -0.445 e. The summed E-state index contributed by atoms with van der Waals surface area (Å²) >= 11 is 8.40. The van der Waals surface area contributed by atoms with Gasteiger partial charge in [-0.1, -0.05) is 83.6 Å². The van der Waals surface area contributed by atoms with E-state index in [0.717, 1.165) is 17.0 Å². The highest BCUT2D eigenvalue weighted by atomic mass is 127. The summed E-state index contributed by atoms with van der Waals surface area (Å²) in [5.41, 5.74) is 2.20. The van der Waals surface area contributed by atoms with E-state index in [-0.39, 0.29) is 12.7 Å². The number of carbonyl (C=O) groups excluding carboxylic acids is 1. The first-order valence-corrected chi connectivity index (χ1v) is 9.51. The molecule has 0 bridgehead atoms. The smallest absolute Gasteiger partial charge is 0.407 e. The van der Waals surface area contributed by atoms with Gasteiger partial charge in [0, 0.05) is 15.5 Å². The molecule has 1 amide bonds. The zero-order chi connectivity index (χ0) is 17.4. The Bertz CT molecular complexity index is 651. The Kier molecular flexibility index (Phi) is 7.85. The van der Waals surface area contributed by atoms with Gasteiger partial charge >= 0.3 is 6.09 Å². The van der Waals surface area contributed by atoms with Crippen LogP contribution >= 0.6 is 34.2 Å². The molecule has 5 heteroatoms. The minimum absolute atomic E-state index is 0.289. The van der Waals surface area contributed by atoms with E-state index >= 15 is 0 Å². The molecule has 0 aliphatic heterocycles. The van der Waals surface area contributed by atoms with Gasteiger partial charge in [0.1, 0.15) is 6.61 Å². The van der Waals surface area contributed by atoms with Crippen LogP contribution in [0.5, 0.6) is 0 Å². The molecule has 2 unspecified atom stereocenters. The van der Waals surface area contributed by atoms with E-state index in [1.165, 1.54) is 5.56 Å². The summed E-state index contributed by atoms with van der Waals surface area (Å²) < 4.78 is 5.53. The highest BCUT2D eigenvalue weighted by Gasteiger charge is 2.14. The number of hydrogen-bond donors (Lipinski definition) is 1. The average Bonchev–Trinajstić information content (AvgIpc) is 2.59. The van der Waals surface area contributed by atoms with E-state index in [1.807, 2.05) is 48.5 Å². The number of halogens is 2. The van der Waals surface area contributed by atoms with Gasteiger partial charge in [0.05, 0.1) is 0 Å². The van der Waals surface area contributed by atoms with Crippen LogP contribution in [0.2, 0.25) is 5.02 Å². The van der Waals surface area contributed by atoms with E-state index in [9.17, 15) is 4.79 Å². The lowest BCUT2D eigenvalue weighted by Gasteiger charge is -2.17. The van der Waals surface area contributed by atoms with Gasteiger partial charge in [-0.25, -0.2) is 4.79 Å². The predicted molar refractivity (Wildman–Crippen MR) is 107 cm³/mol. The summed E-state index contributed by atoms with van der Waals surface area (Å²) in [5.74, 6) is 0.382. The number of amides is 1. The maximum Gasteiger partial charge on any atom is 0.407 e. The molecule has 0 aliphatic carbocycles. The fraction of sp³-hybridized carbons (Fsp3) is 0.316. The predicted octanol–water partition coefficient (Wildman–Crippen LogP) is 5.56. The zero-order valence-corrected chi connectivity index (χ0v) is 16.5. The molecule has 2 aromatic carbocycles. The number of alkyl carbamates (subject to hydrolysis) is 1. The molecule has 24 heavy (non-hydrogen) atoms. The largest absolute Gasteiger partial charge is 0.445 e. The Labute approximate surface area is 161 Å². The summed E-state index contributed by atoms with van der Waals surface area (Å²) in [5, 5.41) is 3.58. The number of nitrogens with one attached hydrogen (secondary N) is 1. The van der Waals surface area contributed by atoms with Crippen LogP contribution in [0.1, 0.15) is 30.4 Å². The Balaban J connectivity index is 1.70. The maximum atomic E-state index is 11.8. The number of rotatable bonds is 7. The van der Waals surface area contributed by atoms with Gasteiger partial charge < -0.3 is 10.1 Å². The van der Waals surface area contributed by atoms with Crippen molar-refractivity contribution in [1.82, 2.24) is 5.32 Å². The lowest BCUT2D eigenvalue weighted by Crippen LogP contribution is -2.30. The molecule has 0 radical (unpaired) electrons. The van der Waals surface area contributed by atoms with Crippen LogP contribution in [-0.2, 0) is 11.3 Å². The molecule has 0 spiro atoms. The van der Waals surface area contributed by atoms with Gasteiger partial charge in [0.25, 0.3) is 0 Å². The van der Waals surface area contributed by atoms with Crippen LogP contribution in [0.4, 0.5) is 4.79 Å². The van der Waals surface area contributed by atoms with Gasteiger partial charge in [-0.3, -0.25) is 0 Å². The summed E-state index contributed by atoms with van der Waals surface area (Å²) in [4.78, 5) is 11.8. The lowest BCUT2D eigenvalue weighted by atomic mass is 9.96. The molecule has 2 atom stereocenters. The maximum absolute atomic E-state index is 11.8. The molecule has 0 fully saturated rings. The van der Waals surface area contributed by atoms with Crippen molar-refractivity contribution in [3.8, 4) is 0 Å². The van der Waals surface area contributed by atoms with Crippen LogP contribution in [0.15, 0.2) is 54.6 Å². The Morgan fingerprint density at radius 2 is 1.96 bits per heavy atom. The Hall–Kier alpha value is -1.27. The highest BCUT2D eigenvalue weighted by molar-refractivity contribution is 14.1. The van der Waals surface area contributed by atoms with Crippen molar-refractivity contribution in [2.75, 3.05) is 6.54 Å². The molecular weight excluding hydrogens is 437 g/mol. The number of alkyl halides is 1. The third kappa shape index (κ3) is 6.69. The monoisotopic (exact) mass is 457 g/mol. The highest BCUT2D eigenvalue weighted by Crippen LogP contribution is 2.25. The average molecular weight is 458 g/mol. The van der Waals surface area contributed by atoms with Crippen LogP contribution in [0, 0.1) is 0 Å². The van der Waals surface area contributed by atoms with Crippen molar-refractivity contribution in [1.29, 1.82) is 0 Å². The minimum atomic E-state index is -0.379. The molecule has 0 aliphatic rings. The second kappa shape index (κ2) is 9.89. The van der Waals surface area contributed by atoms with Gasteiger partial charge in [0.2, 0.25) is 0 Å². The van der Waals surface area contributed by atoms with E-state index in [4.69, 9.17) is 16.3 Å². The van der Waals surface area contributed by atoms with Crippen molar-refractivity contribution in [2.45, 2.75) is 29.8 Å². The normalized spacial score (nSPS) is 13.1. The van der Waals surface area contributed by atoms with Crippen LogP contribution in [0.3, 0.4) is 0 Å². The van der Waals surface area contributed by atoms with E-state index in [2.05, 4.69) is 40.9 Å². The Morgan fingerprint density at radius 3 is 2.67 bits per heavy atom. The molecular formula is C19H21ClINO2. The van der Waals surface area contributed by atoms with E-state index in [0.29, 0.717) is 16.4 Å². The second-order valence-electron chi connectivity index (χ2n) is 5.73. The molecule has 0 saturated heterocycles. The molecule has 2 rings (SSSR count). The SMILES string of the molecule is CC(CC(I)CNC(=O)OCc1ccccc1)c1cccc(Cl)c1. The third-order valence-electron chi connectivity index (χ3n) is 3.71. The van der Waals surface area contributed by atoms with Gasteiger partial charge in [-0.15, -0.1) is 0 Å². The first-order chi connectivity index (χ1) is 11.5. The van der Waals surface area contributed by atoms with E-state index < -0.39 is 0 Å². The Morgan fingerprint density at radius 1 is 1.21 bits per heavy atom. The number of hydrogen-bond acceptors (Lipinski definition) is 2. The molecule has 0 saturated carbocycles. The number of carbonyl (C=O) groups is 1. The fourth-order valence-corrected chi connectivity index (χ4v) is 3.57. The molecule has 0 aromatic heterocycles. The van der Waals surface area contributed by atoms with Gasteiger partial charge in [0.15, 0.2) is 0 Å². The molecule has 2 aromatic rings. The van der Waals surface area contributed by atoms with Crippen LogP contribution in [0.25, 0.3) is 0 Å². The van der Waals surface area contributed by atoms with Crippen molar-refractivity contribution < 1.29 is 9.53 Å². The summed E-state index contributed by atoms with van der Waals surface area (Å²) in [7, 11) is 0. The van der Waals surface area contributed by atoms with E-state index in [1.54, 1.807) is 0 Å². The van der Waals surface area contributed by atoms with Crippen molar-refractivity contribution in [2.24, 2.45) is 0 Å². The molecule has 128 valence electrons. The number of ether oxygens (including phenoxy) is 1. The molecule has 0 heterocycles.